The third kappa shape index (κ3) is 4.46. The summed E-state index contributed by atoms with van der Waals surface area (Å²) >= 11 is 0. The molecule has 1 N–H and O–H groups in total. The molecule has 1 aliphatic heterocycles. The molecule has 0 aromatic carbocycles. The fourth-order valence-corrected chi connectivity index (χ4v) is 4.14. The molecular formula is C18H36N2. The summed E-state index contributed by atoms with van der Waals surface area (Å²) in [6.45, 7) is 13.4. The Morgan fingerprint density at radius 3 is 2.05 bits per heavy atom. The quantitative estimate of drug-likeness (QED) is 0.793. The van der Waals surface area contributed by atoms with Gasteiger partial charge in [-0.05, 0) is 69.4 Å². The molecular weight excluding hydrogens is 244 g/mol. The molecule has 1 atom stereocenters. The second-order valence-electron chi connectivity index (χ2n) is 7.82. The lowest BCUT2D eigenvalue weighted by Gasteiger charge is -2.35. The zero-order valence-corrected chi connectivity index (χ0v) is 14.2. The largest absolute Gasteiger partial charge is 0.312 e. The number of nitrogens with one attached hydrogen (secondary N) is 1. The van der Waals surface area contributed by atoms with Gasteiger partial charge in [-0.2, -0.15) is 0 Å². The molecule has 1 unspecified atom stereocenters. The van der Waals surface area contributed by atoms with E-state index >= 15 is 0 Å². The van der Waals surface area contributed by atoms with Crippen molar-refractivity contribution in [3.63, 3.8) is 0 Å². The Bertz CT molecular complexity index is 261. The molecule has 2 fully saturated rings. The summed E-state index contributed by atoms with van der Waals surface area (Å²) in [5, 5.41) is 3.90. The third-order valence-corrected chi connectivity index (χ3v) is 5.71. The van der Waals surface area contributed by atoms with Crippen LogP contribution in [0.15, 0.2) is 0 Å². The molecule has 2 nitrogen and oxygen atoms in total. The second-order valence-corrected chi connectivity index (χ2v) is 7.82. The predicted molar refractivity (Wildman–Crippen MR) is 88.0 cm³/mol. The number of likely N-dealkylation sites (tertiary alicyclic amines) is 1. The van der Waals surface area contributed by atoms with Gasteiger partial charge in [0.05, 0.1) is 0 Å². The highest BCUT2D eigenvalue weighted by Crippen LogP contribution is 2.30. The van der Waals surface area contributed by atoms with Crippen molar-refractivity contribution in [2.24, 2.45) is 17.8 Å². The highest BCUT2D eigenvalue weighted by atomic mass is 15.2. The molecule has 0 aromatic rings. The van der Waals surface area contributed by atoms with Gasteiger partial charge < -0.3 is 5.32 Å². The number of rotatable bonds is 6. The zero-order valence-electron chi connectivity index (χ0n) is 14.2. The van der Waals surface area contributed by atoms with E-state index in [1.165, 1.54) is 58.2 Å². The van der Waals surface area contributed by atoms with Crippen molar-refractivity contribution >= 4 is 0 Å². The average Bonchev–Trinajstić information content (AvgIpc) is 2.93. The number of hydrogen-bond acceptors (Lipinski definition) is 2. The lowest BCUT2D eigenvalue weighted by atomic mass is 9.79. The van der Waals surface area contributed by atoms with Crippen molar-refractivity contribution in [3.8, 4) is 0 Å². The fourth-order valence-electron chi connectivity index (χ4n) is 4.14. The van der Waals surface area contributed by atoms with Crippen molar-refractivity contribution in [2.75, 3.05) is 19.6 Å². The van der Waals surface area contributed by atoms with E-state index in [-0.39, 0.29) is 0 Å². The molecule has 1 saturated carbocycles. The normalized spacial score (nSPS) is 30.3. The van der Waals surface area contributed by atoms with Gasteiger partial charge in [0.1, 0.15) is 0 Å². The van der Waals surface area contributed by atoms with Crippen molar-refractivity contribution < 1.29 is 0 Å². The number of hydrogen-bond donors (Lipinski definition) is 1. The summed E-state index contributed by atoms with van der Waals surface area (Å²) in [4.78, 5) is 2.72. The third-order valence-electron chi connectivity index (χ3n) is 5.71. The Balaban J connectivity index is 1.73. The van der Waals surface area contributed by atoms with Crippen molar-refractivity contribution in [2.45, 2.75) is 78.3 Å². The van der Waals surface area contributed by atoms with E-state index in [1.54, 1.807) is 0 Å². The maximum absolute atomic E-state index is 3.90. The second kappa shape index (κ2) is 7.79. The van der Waals surface area contributed by atoms with Crippen LogP contribution in [0.5, 0.6) is 0 Å². The minimum absolute atomic E-state index is 0.750. The van der Waals surface area contributed by atoms with Crippen LogP contribution in [0.3, 0.4) is 0 Å². The topological polar surface area (TPSA) is 15.3 Å². The van der Waals surface area contributed by atoms with E-state index in [9.17, 15) is 0 Å². The van der Waals surface area contributed by atoms with Crippen LogP contribution in [0, 0.1) is 17.8 Å². The van der Waals surface area contributed by atoms with Gasteiger partial charge in [0, 0.05) is 18.6 Å². The molecule has 0 bridgehead atoms. The van der Waals surface area contributed by atoms with E-state index < -0.39 is 0 Å². The first-order chi connectivity index (χ1) is 9.58. The molecule has 2 aliphatic rings. The molecule has 1 heterocycles. The number of nitrogens with zero attached hydrogens (tertiary/aromatic N) is 1. The minimum Gasteiger partial charge on any atom is -0.312 e. The van der Waals surface area contributed by atoms with E-state index in [2.05, 4.69) is 37.9 Å². The van der Waals surface area contributed by atoms with Gasteiger partial charge in [-0.15, -0.1) is 0 Å². The standard InChI is InChI=1S/C18H36N2/c1-14(2)16-7-9-17(10-8-16)19-13-18(15(3)4)20-11-5-6-12-20/h14-19H,5-13H2,1-4H3. The molecule has 2 heteroatoms. The summed E-state index contributed by atoms with van der Waals surface area (Å²) < 4.78 is 0. The molecule has 2 rings (SSSR count). The van der Waals surface area contributed by atoms with Crippen LogP contribution >= 0.6 is 0 Å². The minimum atomic E-state index is 0.750. The van der Waals surface area contributed by atoms with Gasteiger partial charge in [0.15, 0.2) is 0 Å². The van der Waals surface area contributed by atoms with Crippen LogP contribution in [0.1, 0.15) is 66.2 Å². The van der Waals surface area contributed by atoms with Gasteiger partial charge in [-0.25, -0.2) is 0 Å². The molecule has 118 valence electrons. The maximum Gasteiger partial charge on any atom is 0.0243 e. The summed E-state index contributed by atoms with van der Waals surface area (Å²) in [7, 11) is 0. The summed E-state index contributed by atoms with van der Waals surface area (Å²) in [6.07, 6.45) is 8.48. The first-order valence-electron chi connectivity index (χ1n) is 9.05. The smallest absolute Gasteiger partial charge is 0.0243 e. The molecule has 0 aromatic heterocycles. The maximum atomic E-state index is 3.90. The van der Waals surface area contributed by atoms with E-state index in [0.29, 0.717) is 0 Å². The van der Waals surface area contributed by atoms with Crippen LogP contribution in [0.2, 0.25) is 0 Å². The highest BCUT2D eigenvalue weighted by Gasteiger charge is 2.27. The molecule has 1 saturated heterocycles. The Morgan fingerprint density at radius 2 is 1.55 bits per heavy atom. The summed E-state index contributed by atoms with van der Waals surface area (Å²) in [5.41, 5.74) is 0. The van der Waals surface area contributed by atoms with E-state index in [1.807, 2.05) is 0 Å². The highest BCUT2D eigenvalue weighted by molar-refractivity contribution is 4.84. The molecule has 1 aliphatic carbocycles. The first kappa shape index (κ1) is 16.3. The SMILES string of the molecule is CC(C)C1CCC(NCC(C(C)C)N2CCCC2)CC1. The van der Waals surface area contributed by atoms with Gasteiger partial charge in [-0.1, -0.05) is 27.7 Å². The first-order valence-corrected chi connectivity index (χ1v) is 9.05. The Morgan fingerprint density at radius 1 is 0.950 bits per heavy atom. The van der Waals surface area contributed by atoms with Crippen LogP contribution < -0.4 is 5.32 Å². The summed E-state index contributed by atoms with van der Waals surface area (Å²) in [6, 6.07) is 1.54. The Hall–Kier alpha value is -0.0800. The van der Waals surface area contributed by atoms with Crippen LogP contribution in [0.25, 0.3) is 0 Å². The fraction of sp³-hybridized carbons (Fsp3) is 1.00. The zero-order chi connectivity index (χ0) is 14.5. The van der Waals surface area contributed by atoms with Crippen LogP contribution in [0.4, 0.5) is 0 Å². The summed E-state index contributed by atoms with van der Waals surface area (Å²) in [5.74, 6) is 2.63. The Labute approximate surface area is 126 Å². The van der Waals surface area contributed by atoms with E-state index in [0.717, 1.165) is 29.8 Å². The average molecular weight is 281 g/mol. The molecule has 0 spiro atoms. The predicted octanol–water partition coefficient (Wildman–Crippen LogP) is 3.91. The molecule has 20 heavy (non-hydrogen) atoms. The van der Waals surface area contributed by atoms with Crippen molar-refractivity contribution in [1.29, 1.82) is 0 Å². The van der Waals surface area contributed by atoms with Crippen molar-refractivity contribution in [3.05, 3.63) is 0 Å². The van der Waals surface area contributed by atoms with Crippen molar-refractivity contribution in [1.82, 2.24) is 10.2 Å². The van der Waals surface area contributed by atoms with Gasteiger partial charge in [-0.3, -0.25) is 4.90 Å². The van der Waals surface area contributed by atoms with Gasteiger partial charge >= 0.3 is 0 Å². The lowest BCUT2D eigenvalue weighted by Crippen LogP contribution is -2.47. The van der Waals surface area contributed by atoms with Crippen LogP contribution in [-0.4, -0.2) is 36.6 Å². The molecule has 0 amide bonds. The molecule has 0 radical (unpaired) electrons. The van der Waals surface area contributed by atoms with Gasteiger partial charge in [0.2, 0.25) is 0 Å². The lowest BCUT2D eigenvalue weighted by molar-refractivity contribution is 0.170. The van der Waals surface area contributed by atoms with Crippen LogP contribution in [-0.2, 0) is 0 Å². The van der Waals surface area contributed by atoms with Gasteiger partial charge in [0.25, 0.3) is 0 Å². The monoisotopic (exact) mass is 280 g/mol. The Kier molecular flexibility index (Phi) is 6.35. The van der Waals surface area contributed by atoms with E-state index in [4.69, 9.17) is 0 Å².